The number of nitrogens with one attached hydrogen (secondary N) is 1. The summed E-state index contributed by atoms with van der Waals surface area (Å²) < 4.78 is 24.7. The Labute approximate surface area is 110 Å². The summed E-state index contributed by atoms with van der Waals surface area (Å²) in [5, 5.41) is 4.08. The van der Waals surface area contributed by atoms with Crippen LogP contribution >= 0.6 is 0 Å². The van der Waals surface area contributed by atoms with Gasteiger partial charge in [0.25, 0.3) is 0 Å². The number of H-pyrrole nitrogens is 1. The number of fused-ring (bicyclic) bond motifs is 1. The number of hydrogen-bond donors (Lipinski definition) is 1. The number of rotatable bonds is 2. The third-order valence-electron chi connectivity index (χ3n) is 2.95. The van der Waals surface area contributed by atoms with Crippen LogP contribution in [-0.2, 0) is 16.9 Å². The summed E-state index contributed by atoms with van der Waals surface area (Å²) in [6, 6.07) is 6.69. The van der Waals surface area contributed by atoms with Gasteiger partial charge in [0.15, 0.2) is 15.7 Å². The maximum absolute atomic E-state index is 11.5. The van der Waals surface area contributed by atoms with Crippen molar-refractivity contribution in [2.24, 2.45) is 7.05 Å². The average molecular weight is 276 g/mol. The summed E-state index contributed by atoms with van der Waals surface area (Å²) in [5.74, 6) is 0.667. The van der Waals surface area contributed by atoms with E-state index in [4.69, 9.17) is 0 Å². The topological polar surface area (TPSA) is 80.6 Å². The van der Waals surface area contributed by atoms with Crippen molar-refractivity contribution in [2.75, 3.05) is 6.26 Å². The Kier molecular flexibility index (Phi) is 2.46. The van der Waals surface area contributed by atoms with Gasteiger partial charge in [0, 0.05) is 19.5 Å². The lowest BCUT2D eigenvalue weighted by molar-refractivity contribution is 0.602. The highest BCUT2D eigenvalue weighted by Crippen LogP contribution is 2.22. The Hall–Kier alpha value is -2.15. The molecular weight excluding hydrogens is 264 g/mol. The van der Waals surface area contributed by atoms with E-state index >= 15 is 0 Å². The van der Waals surface area contributed by atoms with Gasteiger partial charge in [0.05, 0.1) is 15.9 Å². The minimum Gasteiger partial charge on any atom is -0.337 e. The zero-order valence-corrected chi connectivity index (χ0v) is 11.3. The monoisotopic (exact) mass is 276 g/mol. The van der Waals surface area contributed by atoms with E-state index < -0.39 is 9.84 Å². The van der Waals surface area contributed by atoms with Crippen LogP contribution in [0.3, 0.4) is 0 Å². The third kappa shape index (κ3) is 2.01. The first-order chi connectivity index (χ1) is 8.95. The molecule has 1 aromatic carbocycles. The number of benzene rings is 1. The molecule has 0 aliphatic heterocycles. The Bertz CT molecular complexity index is 861. The van der Waals surface area contributed by atoms with Crippen LogP contribution in [0.25, 0.3) is 22.6 Å². The van der Waals surface area contributed by atoms with E-state index in [2.05, 4.69) is 15.1 Å². The summed E-state index contributed by atoms with van der Waals surface area (Å²) >= 11 is 0. The second-order valence-corrected chi connectivity index (χ2v) is 6.39. The van der Waals surface area contributed by atoms with Crippen LogP contribution in [0.4, 0.5) is 0 Å². The first kappa shape index (κ1) is 11.9. The second kappa shape index (κ2) is 3.92. The fraction of sp³-hybridized carbons (Fsp3) is 0.167. The van der Waals surface area contributed by atoms with Gasteiger partial charge in [-0.1, -0.05) is 0 Å². The van der Waals surface area contributed by atoms with Crippen molar-refractivity contribution in [1.29, 1.82) is 0 Å². The number of hydrogen-bond acceptors (Lipinski definition) is 4. The van der Waals surface area contributed by atoms with E-state index in [1.54, 1.807) is 29.1 Å². The quantitative estimate of drug-likeness (QED) is 0.766. The summed E-state index contributed by atoms with van der Waals surface area (Å²) in [7, 11) is -1.39. The molecule has 2 heterocycles. The molecule has 0 aliphatic rings. The van der Waals surface area contributed by atoms with Crippen LogP contribution in [0, 0.1) is 0 Å². The van der Waals surface area contributed by atoms with Gasteiger partial charge in [-0.25, -0.2) is 13.4 Å². The molecule has 0 bridgehead atoms. The predicted octanol–water partition coefficient (Wildman–Crippen LogP) is 1.37. The number of imidazole rings is 1. The van der Waals surface area contributed by atoms with E-state index in [9.17, 15) is 8.42 Å². The second-order valence-electron chi connectivity index (χ2n) is 4.38. The number of nitrogens with zero attached hydrogens (tertiary/aromatic N) is 3. The third-order valence-corrected chi connectivity index (χ3v) is 4.06. The maximum atomic E-state index is 11.5. The normalized spacial score (nSPS) is 12.1. The lowest BCUT2D eigenvalue weighted by Gasteiger charge is -1.96. The van der Waals surface area contributed by atoms with Gasteiger partial charge in [0.1, 0.15) is 5.69 Å². The maximum Gasteiger partial charge on any atom is 0.175 e. The van der Waals surface area contributed by atoms with Crippen molar-refractivity contribution < 1.29 is 8.42 Å². The molecule has 3 aromatic rings. The molecule has 0 spiro atoms. The minimum absolute atomic E-state index is 0.278. The molecule has 7 heteroatoms. The van der Waals surface area contributed by atoms with Crippen molar-refractivity contribution >= 4 is 20.9 Å². The van der Waals surface area contributed by atoms with Gasteiger partial charge in [-0.05, 0) is 24.3 Å². The van der Waals surface area contributed by atoms with Crippen molar-refractivity contribution in [2.45, 2.75) is 4.90 Å². The van der Waals surface area contributed by atoms with Gasteiger partial charge in [-0.3, -0.25) is 4.68 Å². The van der Waals surface area contributed by atoms with Crippen LogP contribution in [0.15, 0.2) is 35.4 Å². The lowest BCUT2D eigenvalue weighted by Crippen LogP contribution is -1.96. The van der Waals surface area contributed by atoms with E-state index in [0.717, 1.165) is 11.2 Å². The van der Waals surface area contributed by atoms with Crippen LogP contribution in [0.2, 0.25) is 0 Å². The Morgan fingerprint density at radius 1 is 1.26 bits per heavy atom. The molecule has 0 saturated carbocycles. The van der Waals surface area contributed by atoms with Gasteiger partial charge in [-0.2, -0.15) is 5.10 Å². The van der Waals surface area contributed by atoms with Crippen molar-refractivity contribution in [3.63, 3.8) is 0 Å². The molecule has 1 N–H and O–H groups in total. The summed E-state index contributed by atoms with van der Waals surface area (Å²) in [6.07, 6.45) is 2.87. The molecule has 0 atom stereocenters. The molecule has 98 valence electrons. The van der Waals surface area contributed by atoms with Crippen LogP contribution in [-0.4, -0.2) is 34.4 Å². The largest absolute Gasteiger partial charge is 0.337 e. The highest BCUT2D eigenvalue weighted by Gasteiger charge is 2.12. The standard InChI is InChI=1S/C12H12N4O2S/c1-16-11(5-6-13-16)12-14-9-4-3-8(19(2,17)18)7-10(9)15-12/h3-7H,1-2H3,(H,14,15). The molecule has 0 amide bonds. The summed E-state index contributed by atoms with van der Waals surface area (Å²) in [6.45, 7) is 0. The van der Waals surface area contributed by atoms with Gasteiger partial charge < -0.3 is 4.98 Å². The van der Waals surface area contributed by atoms with Crippen molar-refractivity contribution in [3.05, 3.63) is 30.5 Å². The number of aryl methyl sites for hydroxylation is 1. The molecule has 6 nitrogen and oxygen atoms in total. The van der Waals surface area contributed by atoms with Gasteiger partial charge >= 0.3 is 0 Å². The number of aromatic nitrogens is 4. The highest BCUT2D eigenvalue weighted by atomic mass is 32.2. The van der Waals surface area contributed by atoms with Crippen molar-refractivity contribution in [3.8, 4) is 11.5 Å². The molecule has 0 fully saturated rings. The van der Waals surface area contributed by atoms with Crippen molar-refractivity contribution in [1.82, 2.24) is 19.7 Å². The number of sulfone groups is 1. The highest BCUT2D eigenvalue weighted by molar-refractivity contribution is 7.90. The van der Waals surface area contributed by atoms with Crippen LogP contribution in [0.5, 0.6) is 0 Å². The molecular formula is C12H12N4O2S. The molecule has 2 aromatic heterocycles. The van der Waals surface area contributed by atoms with Gasteiger partial charge in [-0.15, -0.1) is 0 Å². The van der Waals surface area contributed by atoms with Crippen LogP contribution in [0.1, 0.15) is 0 Å². The predicted molar refractivity (Wildman–Crippen MR) is 71.4 cm³/mol. The lowest BCUT2D eigenvalue weighted by atomic mass is 10.3. The van der Waals surface area contributed by atoms with Crippen LogP contribution < -0.4 is 0 Å². The molecule has 19 heavy (non-hydrogen) atoms. The fourth-order valence-electron chi connectivity index (χ4n) is 1.95. The van der Waals surface area contributed by atoms with E-state index in [1.165, 1.54) is 6.26 Å². The summed E-state index contributed by atoms with van der Waals surface area (Å²) in [4.78, 5) is 7.82. The zero-order valence-electron chi connectivity index (χ0n) is 10.5. The number of aromatic amines is 1. The Morgan fingerprint density at radius 3 is 2.68 bits per heavy atom. The summed E-state index contributed by atoms with van der Waals surface area (Å²) in [5.41, 5.74) is 2.26. The Morgan fingerprint density at radius 2 is 2.05 bits per heavy atom. The Balaban J connectivity index is 2.19. The SMILES string of the molecule is Cn1nccc1-c1nc2ccc(S(C)(=O)=O)cc2[nH]1. The molecule has 0 unspecified atom stereocenters. The first-order valence-electron chi connectivity index (χ1n) is 5.63. The molecule has 0 radical (unpaired) electrons. The van der Waals surface area contributed by atoms with E-state index in [1.807, 2.05) is 13.1 Å². The minimum atomic E-state index is -3.21. The smallest absolute Gasteiger partial charge is 0.175 e. The fourth-order valence-corrected chi connectivity index (χ4v) is 2.59. The molecule has 3 rings (SSSR count). The molecule has 0 saturated heterocycles. The average Bonchev–Trinajstić information content (AvgIpc) is 2.91. The molecule has 0 aliphatic carbocycles. The first-order valence-corrected chi connectivity index (χ1v) is 7.52. The van der Waals surface area contributed by atoms with Gasteiger partial charge in [0.2, 0.25) is 0 Å². The van der Waals surface area contributed by atoms with E-state index in [-0.39, 0.29) is 4.90 Å². The van der Waals surface area contributed by atoms with E-state index in [0.29, 0.717) is 11.3 Å². The zero-order chi connectivity index (χ0) is 13.6.